The van der Waals surface area contributed by atoms with Crippen molar-refractivity contribution in [3.05, 3.63) is 30.1 Å². The second-order valence-electron chi connectivity index (χ2n) is 3.06. The molecule has 0 bridgehead atoms. The average molecular weight is 196 g/mol. The molecule has 1 atom stereocenters. The summed E-state index contributed by atoms with van der Waals surface area (Å²) in [6.45, 7) is 1.54. The van der Waals surface area contributed by atoms with Gasteiger partial charge in [0.1, 0.15) is 0 Å². The zero-order valence-corrected chi connectivity index (χ0v) is 8.31. The van der Waals surface area contributed by atoms with Gasteiger partial charge in [0.25, 0.3) is 0 Å². The van der Waals surface area contributed by atoms with E-state index in [1.165, 1.54) is 0 Å². The predicted molar refractivity (Wildman–Crippen MR) is 53.8 cm³/mol. The summed E-state index contributed by atoms with van der Waals surface area (Å²) < 4.78 is 4.80. The van der Waals surface area contributed by atoms with Crippen LogP contribution >= 0.6 is 0 Å². The lowest BCUT2D eigenvalue weighted by Gasteiger charge is -2.09. The van der Waals surface area contributed by atoms with E-state index >= 15 is 0 Å². The van der Waals surface area contributed by atoms with E-state index in [4.69, 9.17) is 4.74 Å². The van der Waals surface area contributed by atoms with Crippen LogP contribution in [-0.4, -0.2) is 36.5 Å². The molecule has 1 aromatic rings. The van der Waals surface area contributed by atoms with Crippen LogP contribution in [0.15, 0.2) is 24.4 Å². The van der Waals surface area contributed by atoms with Crippen molar-refractivity contribution < 1.29 is 9.84 Å². The van der Waals surface area contributed by atoms with Gasteiger partial charge in [-0.1, -0.05) is 6.07 Å². The fraction of sp³-hybridized carbons (Fsp3) is 0.500. The maximum atomic E-state index is 9.32. The smallest absolute Gasteiger partial charge is 0.0897 e. The number of nitrogens with zero attached hydrogens (tertiary/aromatic N) is 1. The van der Waals surface area contributed by atoms with Gasteiger partial charge >= 0.3 is 0 Å². The normalized spacial score (nSPS) is 12.7. The summed E-state index contributed by atoms with van der Waals surface area (Å²) in [6, 6.07) is 5.76. The van der Waals surface area contributed by atoms with E-state index in [2.05, 4.69) is 10.3 Å². The summed E-state index contributed by atoms with van der Waals surface area (Å²) in [5, 5.41) is 12.4. The lowest BCUT2D eigenvalue weighted by molar-refractivity contribution is 0.0643. The van der Waals surface area contributed by atoms with Crippen LogP contribution in [0.4, 0.5) is 0 Å². The second-order valence-corrected chi connectivity index (χ2v) is 3.06. The minimum absolute atomic E-state index is 0.356. The number of aliphatic hydroxyl groups excluding tert-OH is 1. The Bertz CT molecular complexity index is 241. The third-order valence-electron chi connectivity index (χ3n) is 1.77. The molecule has 0 aromatic carbocycles. The summed E-state index contributed by atoms with van der Waals surface area (Å²) in [5.41, 5.74) is 0.970. The van der Waals surface area contributed by atoms with Gasteiger partial charge in [-0.05, 0) is 12.1 Å². The van der Waals surface area contributed by atoms with Crippen molar-refractivity contribution in [1.82, 2.24) is 10.3 Å². The zero-order chi connectivity index (χ0) is 10.2. The molecule has 0 spiro atoms. The number of methoxy groups -OCH3 is 1. The molecule has 0 aliphatic rings. The van der Waals surface area contributed by atoms with Gasteiger partial charge in [0, 0.05) is 26.4 Å². The lowest BCUT2D eigenvalue weighted by Crippen LogP contribution is -2.29. The maximum Gasteiger partial charge on any atom is 0.0897 e. The molecule has 2 N–H and O–H groups in total. The van der Waals surface area contributed by atoms with E-state index in [1.54, 1.807) is 13.3 Å². The third kappa shape index (κ3) is 4.32. The van der Waals surface area contributed by atoms with Crippen molar-refractivity contribution in [2.45, 2.75) is 12.6 Å². The second kappa shape index (κ2) is 6.48. The number of aliphatic hydroxyl groups is 1. The van der Waals surface area contributed by atoms with Crippen LogP contribution in [-0.2, 0) is 11.3 Å². The molecule has 0 saturated carbocycles. The van der Waals surface area contributed by atoms with Gasteiger partial charge in [0.15, 0.2) is 0 Å². The highest BCUT2D eigenvalue weighted by molar-refractivity contribution is 5.02. The Morgan fingerprint density at radius 1 is 1.57 bits per heavy atom. The quantitative estimate of drug-likeness (QED) is 0.681. The molecule has 0 saturated heterocycles. The van der Waals surface area contributed by atoms with Gasteiger partial charge in [-0.15, -0.1) is 0 Å². The van der Waals surface area contributed by atoms with Crippen LogP contribution in [0.1, 0.15) is 5.69 Å². The number of pyridine rings is 1. The summed E-state index contributed by atoms with van der Waals surface area (Å²) in [4.78, 5) is 4.15. The van der Waals surface area contributed by atoms with Gasteiger partial charge in [0.2, 0.25) is 0 Å². The first-order valence-electron chi connectivity index (χ1n) is 4.60. The number of nitrogens with one attached hydrogen (secondary N) is 1. The Hall–Kier alpha value is -0.970. The van der Waals surface area contributed by atoms with Crippen LogP contribution < -0.4 is 5.32 Å². The first-order valence-corrected chi connectivity index (χ1v) is 4.60. The van der Waals surface area contributed by atoms with Gasteiger partial charge in [-0.25, -0.2) is 0 Å². The highest BCUT2D eigenvalue weighted by atomic mass is 16.5. The molecule has 0 radical (unpaired) electrons. The van der Waals surface area contributed by atoms with E-state index in [9.17, 15) is 5.11 Å². The van der Waals surface area contributed by atoms with E-state index in [0.29, 0.717) is 19.7 Å². The average Bonchev–Trinajstić information content (AvgIpc) is 2.20. The summed E-state index contributed by atoms with van der Waals surface area (Å²) in [7, 11) is 1.57. The number of hydrogen-bond acceptors (Lipinski definition) is 4. The maximum absolute atomic E-state index is 9.32. The lowest BCUT2D eigenvalue weighted by atomic mass is 10.3. The van der Waals surface area contributed by atoms with Crippen molar-refractivity contribution in [3.63, 3.8) is 0 Å². The van der Waals surface area contributed by atoms with Crippen molar-refractivity contribution >= 4 is 0 Å². The molecule has 1 rings (SSSR count). The molecule has 78 valence electrons. The van der Waals surface area contributed by atoms with Crippen molar-refractivity contribution in [2.75, 3.05) is 20.3 Å². The molecule has 14 heavy (non-hydrogen) atoms. The highest BCUT2D eigenvalue weighted by Crippen LogP contribution is 1.92. The molecular weight excluding hydrogens is 180 g/mol. The van der Waals surface area contributed by atoms with Crippen molar-refractivity contribution in [1.29, 1.82) is 0 Å². The van der Waals surface area contributed by atoms with Crippen molar-refractivity contribution in [2.24, 2.45) is 0 Å². The molecule has 0 aliphatic carbocycles. The van der Waals surface area contributed by atoms with Gasteiger partial charge in [-0.3, -0.25) is 4.98 Å². The molecule has 0 aliphatic heterocycles. The minimum atomic E-state index is -0.455. The molecular formula is C10H16N2O2. The third-order valence-corrected chi connectivity index (χ3v) is 1.77. The fourth-order valence-electron chi connectivity index (χ4n) is 1.12. The molecule has 1 unspecified atom stereocenters. The number of rotatable bonds is 6. The molecule has 4 heteroatoms. The van der Waals surface area contributed by atoms with Crippen LogP contribution in [0, 0.1) is 0 Å². The SMILES string of the molecule is COCC(O)CNCc1ccccn1. The number of ether oxygens (including phenoxy) is 1. The zero-order valence-electron chi connectivity index (χ0n) is 8.31. The summed E-state index contributed by atoms with van der Waals surface area (Å²) in [6.07, 6.45) is 1.30. The first-order chi connectivity index (χ1) is 6.83. The van der Waals surface area contributed by atoms with Crippen LogP contribution in [0.3, 0.4) is 0 Å². The Morgan fingerprint density at radius 2 is 2.43 bits per heavy atom. The van der Waals surface area contributed by atoms with E-state index in [-0.39, 0.29) is 0 Å². The van der Waals surface area contributed by atoms with E-state index in [1.807, 2.05) is 18.2 Å². The Balaban J connectivity index is 2.16. The molecule has 4 nitrogen and oxygen atoms in total. The predicted octanol–water partition coefficient (Wildman–Crippen LogP) is 0.178. The van der Waals surface area contributed by atoms with Crippen molar-refractivity contribution in [3.8, 4) is 0 Å². The van der Waals surface area contributed by atoms with Crippen LogP contribution in [0.5, 0.6) is 0 Å². The minimum Gasteiger partial charge on any atom is -0.389 e. The molecule has 0 fully saturated rings. The van der Waals surface area contributed by atoms with Crippen LogP contribution in [0.2, 0.25) is 0 Å². The van der Waals surface area contributed by atoms with Gasteiger partial charge in [0.05, 0.1) is 18.4 Å². The molecule has 1 heterocycles. The summed E-state index contributed by atoms with van der Waals surface area (Å²) >= 11 is 0. The Labute approximate surface area is 83.9 Å². The summed E-state index contributed by atoms with van der Waals surface area (Å²) in [5.74, 6) is 0. The highest BCUT2D eigenvalue weighted by Gasteiger charge is 2.01. The number of aromatic nitrogens is 1. The van der Waals surface area contributed by atoms with Gasteiger partial charge < -0.3 is 15.2 Å². The van der Waals surface area contributed by atoms with Gasteiger partial charge in [-0.2, -0.15) is 0 Å². The monoisotopic (exact) mass is 196 g/mol. The van der Waals surface area contributed by atoms with E-state index < -0.39 is 6.10 Å². The molecule has 1 aromatic heterocycles. The largest absolute Gasteiger partial charge is 0.389 e. The Morgan fingerprint density at radius 3 is 3.07 bits per heavy atom. The standard InChI is InChI=1S/C10H16N2O2/c1-14-8-10(13)7-11-6-9-4-2-3-5-12-9/h2-5,10-11,13H,6-8H2,1H3. The topological polar surface area (TPSA) is 54.4 Å². The first kappa shape index (κ1) is 11.1. The molecule has 0 amide bonds. The van der Waals surface area contributed by atoms with Crippen LogP contribution in [0.25, 0.3) is 0 Å². The Kier molecular flexibility index (Phi) is 5.14. The van der Waals surface area contributed by atoms with E-state index in [0.717, 1.165) is 5.69 Å². The number of hydrogen-bond donors (Lipinski definition) is 2. The fourth-order valence-corrected chi connectivity index (χ4v) is 1.12.